The molecule has 3 nitrogen and oxygen atoms in total. The van der Waals surface area contributed by atoms with Crippen LogP contribution in [0.2, 0.25) is 0 Å². The number of pyridine rings is 1. The van der Waals surface area contributed by atoms with Gasteiger partial charge >= 0.3 is 125 Å². The molecule has 1 aliphatic rings. The van der Waals surface area contributed by atoms with E-state index in [1.165, 1.54) is 12.0 Å². The van der Waals surface area contributed by atoms with Crippen molar-refractivity contribution in [2.75, 3.05) is 0 Å². The molecule has 3 aromatic rings. The number of H-pyrrole nitrogens is 1. The van der Waals surface area contributed by atoms with Gasteiger partial charge in [0.1, 0.15) is 0 Å². The quantitative estimate of drug-likeness (QED) is 0.747. The summed E-state index contributed by atoms with van der Waals surface area (Å²) in [6.45, 7) is 0. The molecule has 1 aromatic carbocycles. The molecule has 0 aliphatic heterocycles. The van der Waals surface area contributed by atoms with Crippen LogP contribution < -0.4 is 0 Å². The van der Waals surface area contributed by atoms with Gasteiger partial charge in [0.25, 0.3) is 0 Å². The van der Waals surface area contributed by atoms with Gasteiger partial charge < -0.3 is 0 Å². The van der Waals surface area contributed by atoms with Crippen LogP contribution in [-0.2, 0) is 22.2 Å². The minimum atomic E-state index is 0.246. The third-order valence-corrected chi connectivity index (χ3v) is 4.40. The molecule has 1 N–H and O–H groups in total. The van der Waals surface area contributed by atoms with Gasteiger partial charge in [-0.15, -0.1) is 0 Å². The van der Waals surface area contributed by atoms with E-state index in [2.05, 4.69) is 22.1 Å². The summed E-state index contributed by atoms with van der Waals surface area (Å²) in [7, 11) is 0. The maximum atomic E-state index is 4.79. The van der Waals surface area contributed by atoms with Crippen molar-refractivity contribution in [3.05, 3.63) is 47.7 Å². The minimum absolute atomic E-state index is 0.246. The van der Waals surface area contributed by atoms with Crippen LogP contribution in [0, 0.1) is 0 Å². The maximum absolute atomic E-state index is 4.79. The number of aromatic nitrogens is 3. The fourth-order valence-electron chi connectivity index (χ4n) is 2.78. The van der Waals surface area contributed by atoms with E-state index in [-0.39, 0.29) is 4.85 Å². The molecule has 1 aliphatic carbocycles. The summed E-state index contributed by atoms with van der Waals surface area (Å²) in [6, 6.07) is 12.3. The molecule has 0 saturated carbocycles. The molecule has 4 rings (SSSR count). The van der Waals surface area contributed by atoms with Crippen LogP contribution in [0.1, 0.15) is 29.0 Å². The first-order chi connectivity index (χ1) is 9.81. The molecular weight excluding hydrogens is 293 g/mol. The summed E-state index contributed by atoms with van der Waals surface area (Å²) in [5.74, 6) is 0.833. The number of aromatic amines is 1. The van der Waals surface area contributed by atoms with Gasteiger partial charge in [-0.25, -0.2) is 0 Å². The Hall–Kier alpha value is -1.65. The number of nitrogens with one attached hydrogen (secondary N) is 1. The Morgan fingerprint density at radius 1 is 1.10 bits per heavy atom. The monoisotopic (exact) mass is 307 g/mol. The van der Waals surface area contributed by atoms with Crippen LogP contribution in [0.5, 0.6) is 0 Å². The van der Waals surface area contributed by atoms with Gasteiger partial charge in [0, 0.05) is 0 Å². The van der Waals surface area contributed by atoms with Crippen molar-refractivity contribution < 1.29 is 15.7 Å². The topological polar surface area (TPSA) is 41.6 Å². The third kappa shape index (κ3) is 1.96. The second kappa shape index (κ2) is 4.72. The number of imidazole rings is 1. The summed E-state index contributed by atoms with van der Waals surface area (Å²) in [5, 5.41) is 0. The van der Waals surface area contributed by atoms with Gasteiger partial charge in [0.05, 0.1) is 0 Å². The SMILES string of the molecule is [Co][CH]1CCCc2ccc(-c3nc4ccccc4[nH]3)nc21. The van der Waals surface area contributed by atoms with Gasteiger partial charge in [0.2, 0.25) is 0 Å². The summed E-state index contributed by atoms with van der Waals surface area (Å²) in [5.41, 5.74) is 5.37. The number of benzene rings is 1. The van der Waals surface area contributed by atoms with Crippen LogP contribution in [0.25, 0.3) is 22.6 Å². The molecule has 20 heavy (non-hydrogen) atoms. The normalized spacial score (nSPS) is 18.2. The summed E-state index contributed by atoms with van der Waals surface area (Å²) < 4.78 is 0. The Balaban J connectivity index is 1.83. The molecule has 0 amide bonds. The Labute approximate surface area is 125 Å². The first kappa shape index (κ1) is 12.1. The number of rotatable bonds is 1. The second-order valence-electron chi connectivity index (χ2n) is 5.17. The number of hydrogen-bond acceptors (Lipinski definition) is 2. The first-order valence-electron chi connectivity index (χ1n) is 6.88. The molecule has 4 heteroatoms. The first-order valence-corrected chi connectivity index (χ1v) is 7.48. The van der Waals surface area contributed by atoms with E-state index in [0.29, 0.717) is 0 Å². The number of para-hydroxylation sites is 2. The molecule has 1 atom stereocenters. The predicted molar refractivity (Wildman–Crippen MR) is 75.0 cm³/mol. The summed E-state index contributed by atoms with van der Waals surface area (Å²) in [4.78, 5) is 13.0. The van der Waals surface area contributed by atoms with Gasteiger partial charge in [-0.3, -0.25) is 0 Å². The van der Waals surface area contributed by atoms with E-state index in [9.17, 15) is 0 Å². The van der Waals surface area contributed by atoms with E-state index in [1.807, 2.05) is 24.3 Å². The van der Waals surface area contributed by atoms with Crippen molar-refractivity contribution in [1.29, 1.82) is 0 Å². The van der Waals surface area contributed by atoms with Gasteiger partial charge in [-0.05, 0) is 0 Å². The Bertz CT molecular complexity index is 745. The van der Waals surface area contributed by atoms with E-state index in [4.69, 9.17) is 20.7 Å². The van der Waals surface area contributed by atoms with E-state index in [1.54, 1.807) is 0 Å². The Kier molecular flexibility index (Phi) is 2.86. The molecule has 2 aromatic heterocycles. The molecular formula is C16H14CoN3. The molecule has 102 valence electrons. The van der Waals surface area contributed by atoms with Crippen LogP contribution in [0.3, 0.4) is 0 Å². The Morgan fingerprint density at radius 2 is 2.00 bits per heavy atom. The zero-order valence-electron chi connectivity index (χ0n) is 10.9. The van der Waals surface area contributed by atoms with Crippen molar-refractivity contribution >= 4 is 11.0 Å². The molecule has 1 unspecified atom stereocenters. The average molecular weight is 307 g/mol. The fourth-order valence-corrected chi connectivity index (χ4v) is 3.25. The molecule has 0 spiro atoms. The number of hydrogen-bond donors (Lipinski definition) is 1. The fraction of sp³-hybridized carbons (Fsp3) is 0.250. The van der Waals surface area contributed by atoms with Gasteiger partial charge in [0.15, 0.2) is 0 Å². The average Bonchev–Trinajstić information content (AvgIpc) is 2.91. The predicted octanol–water partition coefficient (Wildman–Crippen LogP) is 3.55. The van der Waals surface area contributed by atoms with Crippen molar-refractivity contribution in [2.45, 2.75) is 24.1 Å². The zero-order valence-corrected chi connectivity index (χ0v) is 11.9. The van der Waals surface area contributed by atoms with E-state index in [0.717, 1.165) is 41.1 Å². The Morgan fingerprint density at radius 3 is 2.90 bits per heavy atom. The molecule has 0 radical (unpaired) electrons. The molecule has 0 saturated heterocycles. The van der Waals surface area contributed by atoms with Crippen LogP contribution >= 0.6 is 0 Å². The van der Waals surface area contributed by atoms with E-state index >= 15 is 0 Å². The molecule has 0 fully saturated rings. The van der Waals surface area contributed by atoms with E-state index < -0.39 is 0 Å². The molecule has 0 bridgehead atoms. The number of nitrogens with zero attached hydrogens (tertiary/aromatic N) is 2. The van der Waals surface area contributed by atoms with Crippen LogP contribution in [-0.4, -0.2) is 15.0 Å². The van der Waals surface area contributed by atoms with Gasteiger partial charge in [-0.1, -0.05) is 0 Å². The number of aryl methyl sites for hydroxylation is 1. The van der Waals surface area contributed by atoms with Gasteiger partial charge in [-0.2, -0.15) is 0 Å². The van der Waals surface area contributed by atoms with Crippen LogP contribution in [0.15, 0.2) is 36.4 Å². The van der Waals surface area contributed by atoms with Crippen molar-refractivity contribution in [2.24, 2.45) is 0 Å². The van der Waals surface area contributed by atoms with Crippen LogP contribution in [0.4, 0.5) is 0 Å². The number of fused-ring (bicyclic) bond motifs is 2. The standard InChI is InChI=1S/C16H14N3.Co/c1-2-6-12-11(5-1)9-10-15(17-12)16-18-13-7-3-4-8-14(13)19-16;/h3-4,6-10H,1-2,5H2,(H,18,19);. The zero-order chi connectivity index (χ0) is 13.5. The molecule has 2 heterocycles. The second-order valence-corrected chi connectivity index (χ2v) is 5.90. The summed E-state index contributed by atoms with van der Waals surface area (Å²) >= 11 is 4.71. The summed E-state index contributed by atoms with van der Waals surface area (Å²) in [6.07, 6.45) is 3.41. The van der Waals surface area contributed by atoms with Crippen molar-refractivity contribution in [3.63, 3.8) is 0 Å². The van der Waals surface area contributed by atoms with Crippen molar-refractivity contribution in [3.8, 4) is 11.5 Å². The van der Waals surface area contributed by atoms with Crippen molar-refractivity contribution in [1.82, 2.24) is 15.0 Å². The third-order valence-electron chi connectivity index (χ3n) is 3.82.